The van der Waals surface area contributed by atoms with Gasteiger partial charge in [0.2, 0.25) is 17.7 Å². The molecule has 12 nitrogen and oxygen atoms in total. The van der Waals surface area contributed by atoms with Gasteiger partial charge in [-0.3, -0.25) is 14.4 Å². The molecule has 0 radical (unpaired) electrons. The SMILES string of the molecule is C[C@@H](O)[C@H](NC(=O)[C@@H]1CCCN1C(=O)[C@H](CO)NC(=O)[C@@H](N)Cc1ccc(O)cc1)C(=O)O. The van der Waals surface area contributed by atoms with E-state index in [0.717, 1.165) is 0 Å². The van der Waals surface area contributed by atoms with Gasteiger partial charge < -0.3 is 41.7 Å². The lowest BCUT2D eigenvalue weighted by atomic mass is 10.1. The van der Waals surface area contributed by atoms with Gasteiger partial charge in [-0.25, -0.2) is 4.79 Å². The summed E-state index contributed by atoms with van der Waals surface area (Å²) in [6.07, 6.45) is -0.501. The maximum atomic E-state index is 12.9. The number of rotatable bonds is 10. The van der Waals surface area contributed by atoms with Crippen molar-refractivity contribution in [1.82, 2.24) is 15.5 Å². The maximum absolute atomic E-state index is 12.9. The standard InChI is InChI=1S/C21H30N4O8/c1-11(27)17(21(32)33)24-19(30)16-3-2-8-25(16)20(31)15(10-26)23-18(29)14(22)9-12-4-6-13(28)7-5-12/h4-7,11,14-17,26-28H,2-3,8-10,22H2,1H3,(H,23,29)(H,24,30)(H,32,33)/t11-,14+,15+,16+,17+/m1/s1. The number of hydrogen-bond acceptors (Lipinski definition) is 8. The van der Waals surface area contributed by atoms with E-state index in [4.69, 9.17) is 10.8 Å². The van der Waals surface area contributed by atoms with E-state index in [1.54, 1.807) is 12.1 Å². The number of carboxylic acids is 1. The largest absolute Gasteiger partial charge is 0.508 e. The zero-order chi connectivity index (χ0) is 24.7. The second-order valence-corrected chi connectivity index (χ2v) is 7.98. The highest BCUT2D eigenvalue weighted by Gasteiger charge is 2.39. The zero-order valence-electron chi connectivity index (χ0n) is 18.2. The summed E-state index contributed by atoms with van der Waals surface area (Å²) >= 11 is 0. The van der Waals surface area contributed by atoms with Crippen LogP contribution in [0.4, 0.5) is 0 Å². The van der Waals surface area contributed by atoms with E-state index in [0.29, 0.717) is 12.0 Å². The number of carboxylic acid groups (broad SMARTS) is 1. The van der Waals surface area contributed by atoms with Crippen LogP contribution in [0, 0.1) is 0 Å². The van der Waals surface area contributed by atoms with Gasteiger partial charge in [0, 0.05) is 6.54 Å². The molecule has 1 fully saturated rings. The Balaban J connectivity index is 2.02. The molecule has 1 saturated heterocycles. The van der Waals surface area contributed by atoms with E-state index in [2.05, 4.69) is 10.6 Å². The first-order valence-corrected chi connectivity index (χ1v) is 10.5. The summed E-state index contributed by atoms with van der Waals surface area (Å²) in [5, 5.41) is 42.3. The molecule has 2 rings (SSSR count). The van der Waals surface area contributed by atoms with Gasteiger partial charge in [0.05, 0.1) is 18.8 Å². The summed E-state index contributed by atoms with van der Waals surface area (Å²) in [5.41, 5.74) is 6.59. The summed E-state index contributed by atoms with van der Waals surface area (Å²) in [7, 11) is 0. The van der Waals surface area contributed by atoms with Gasteiger partial charge in [0.15, 0.2) is 6.04 Å². The lowest BCUT2D eigenvalue weighted by molar-refractivity contribution is -0.147. The number of likely N-dealkylation sites (tertiary alicyclic amines) is 1. The fourth-order valence-electron chi connectivity index (χ4n) is 3.58. The van der Waals surface area contributed by atoms with Crippen molar-refractivity contribution < 1.29 is 39.6 Å². The van der Waals surface area contributed by atoms with Crippen LogP contribution in [0.2, 0.25) is 0 Å². The average molecular weight is 466 g/mol. The summed E-state index contributed by atoms with van der Waals surface area (Å²) in [5.74, 6) is -3.49. The van der Waals surface area contributed by atoms with Crippen LogP contribution in [0.5, 0.6) is 5.75 Å². The van der Waals surface area contributed by atoms with Gasteiger partial charge >= 0.3 is 5.97 Å². The molecule has 1 aromatic rings. The van der Waals surface area contributed by atoms with Crippen LogP contribution >= 0.6 is 0 Å². The third kappa shape index (κ3) is 6.88. The number of nitrogens with two attached hydrogens (primary N) is 1. The van der Waals surface area contributed by atoms with E-state index < -0.39 is 60.6 Å². The van der Waals surface area contributed by atoms with Gasteiger partial charge in [-0.1, -0.05) is 12.1 Å². The van der Waals surface area contributed by atoms with Crippen LogP contribution < -0.4 is 16.4 Å². The number of aliphatic hydroxyl groups excluding tert-OH is 2. The zero-order valence-corrected chi connectivity index (χ0v) is 18.2. The predicted octanol–water partition coefficient (Wildman–Crippen LogP) is -2.32. The number of carbonyl (C=O) groups excluding carboxylic acids is 3. The molecule has 5 atom stereocenters. The molecular formula is C21H30N4O8. The van der Waals surface area contributed by atoms with Gasteiger partial charge in [-0.05, 0) is 43.9 Å². The summed E-state index contributed by atoms with van der Waals surface area (Å²) in [6, 6.07) is 1.18. The lowest BCUT2D eigenvalue weighted by Crippen LogP contribution is -2.58. The number of aliphatic hydroxyl groups is 2. The Kier molecular flexibility index (Phi) is 9.14. The Morgan fingerprint density at radius 2 is 1.82 bits per heavy atom. The van der Waals surface area contributed by atoms with Gasteiger partial charge in [0.1, 0.15) is 17.8 Å². The van der Waals surface area contributed by atoms with E-state index in [1.807, 2.05) is 0 Å². The van der Waals surface area contributed by atoms with E-state index in [1.165, 1.54) is 24.0 Å². The molecule has 12 heteroatoms. The van der Waals surface area contributed by atoms with Crippen molar-refractivity contribution in [3.63, 3.8) is 0 Å². The first-order valence-electron chi connectivity index (χ1n) is 10.5. The van der Waals surface area contributed by atoms with Crippen molar-refractivity contribution in [1.29, 1.82) is 0 Å². The number of nitrogens with zero attached hydrogens (tertiary/aromatic N) is 1. The van der Waals surface area contributed by atoms with Crippen molar-refractivity contribution in [3.8, 4) is 5.75 Å². The normalized spacial score (nSPS) is 19.3. The molecule has 0 spiro atoms. The molecule has 1 heterocycles. The number of aliphatic carboxylic acids is 1. The van der Waals surface area contributed by atoms with Crippen molar-refractivity contribution in [2.24, 2.45) is 5.73 Å². The number of carbonyl (C=O) groups is 4. The Hall–Kier alpha value is -3.22. The van der Waals surface area contributed by atoms with E-state index in [-0.39, 0.29) is 25.1 Å². The van der Waals surface area contributed by atoms with Crippen molar-refractivity contribution in [2.45, 2.75) is 56.5 Å². The quantitative estimate of drug-likeness (QED) is 0.197. The average Bonchev–Trinajstić information content (AvgIpc) is 3.26. The Bertz CT molecular complexity index is 860. The van der Waals surface area contributed by atoms with Crippen molar-refractivity contribution >= 4 is 23.7 Å². The van der Waals surface area contributed by atoms with E-state index in [9.17, 15) is 34.5 Å². The van der Waals surface area contributed by atoms with Gasteiger partial charge in [-0.15, -0.1) is 0 Å². The predicted molar refractivity (Wildman–Crippen MR) is 115 cm³/mol. The van der Waals surface area contributed by atoms with Crippen LogP contribution in [-0.2, 0) is 25.6 Å². The second kappa shape index (κ2) is 11.6. The number of hydrogen-bond donors (Lipinski definition) is 7. The molecule has 0 aliphatic carbocycles. The lowest BCUT2D eigenvalue weighted by Gasteiger charge is -2.29. The number of phenolic OH excluding ortho intramolecular Hbond substituents is 1. The fourth-order valence-corrected chi connectivity index (χ4v) is 3.58. The fraction of sp³-hybridized carbons (Fsp3) is 0.524. The molecular weight excluding hydrogens is 436 g/mol. The smallest absolute Gasteiger partial charge is 0.328 e. The Labute approximate surface area is 190 Å². The third-order valence-corrected chi connectivity index (χ3v) is 5.41. The molecule has 0 aromatic heterocycles. The number of nitrogens with one attached hydrogen (secondary N) is 2. The number of phenols is 1. The molecule has 1 aliphatic heterocycles. The summed E-state index contributed by atoms with van der Waals surface area (Å²) < 4.78 is 0. The molecule has 8 N–H and O–H groups in total. The van der Waals surface area contributed by atoms with Gasteiger partial charge in [-0.2, -0.15) is 0 Å². The van der Waals surface area contributed by atoms with Crippen LogP contribution in [0.1, 0.15) is 25.3 Å². The minimum absolute atomic E-state index is 0.0649. The number of aromatic hydroxyl groups is 1. The summed E-state index contributed by atoms with van der Waals surface area (Å²) in [6.45, 7) is 0.664. The topological polar surface area (TPSA) is 203 Å². The van der Waals surface area contributed by atoms with Crippen LogP contribution in [-0.4, -0.2) is 92.4 Å². The van der Waals surface area contributed by atoms with E-state index >= 15 is 0 Å². The van der Waals surface area contributed by atoms with Crippen molar-refractivity contribution in [3.05, 3.63) is 29.8 Å². The first-order chi connectivity index (χ1) is 15.5. The van der Waals surface area contributed by atoms with Crippen molar-refractivity contribution in [2.75, 3.05) is 13.2 Å². The van der Waals surface area contributed by atoms with Gasteiger partial charge in [0.25, 0.3) is 0 Å². The van der Waals surface area contributed by atoms with Crippen LogP contribution in [0.25, 0.3) is 0 Å². The molecule has 0 saturated carbocycles. The molecule has 0 unspecified atom stereocenters. The number of benzene rings is 1. The Morgan fingerprint density at radius 3 is 2.36 bits per heavy atom. The minimum atomic E-state index is -1.54. The van der Waals surface area contributed by atoms with Crippen LogP contribution in [0.15, 0.2) is 24.3 Å². The Morgan fingerprint density at radius 1 is 1.18 bits per heavy atom. The summed E-state index contributed by atoms with van der Waals surface area (Å²) in [4.78, 5) is 50.4. The highest BCUT2D eigenvalue weighted by atomic mass is 16.4. The maximum Gasteiger partial charge on any atom is 0.328 e. The molecule has 182 valence electrons. The molecule has 3 amide bonds. The minimum Gasteiger partial charge on any atom is -0.508 e. The first kappa shape index (κ1) is 26.0. The molecule has 1 aliphatic rings. The second-order valence-electron chi connectivity index (χ2n) is 7.98. The highest BCUT2D eigenvalue weighted by molar-refractivity contribution is 5.94. The monoisotopic (exact) mass is 466 g/mol. The third-order valence-electron chi connectivity index (χ3n) is 5.41. The molecule has 33 heavy (non-hydrogen) atoms. The van der Waals surface area contributed by atoms with Crippen LogP contribution in [0.3, 0.4) is 0 Å². The molecule has 0 bridgehead atoms. The molecule has 1 aromatic carbocycles. The highest BCUT2D eigenvalue weighted by Crippen LogP contribution is 2.19. The number of amides is 3.